The van der Waals surface area contributed by atoms with Gasteiger partial charge in [0.05, 0.1) is 31.9 Å². The van der Waals surface area contributed by atoms with Gasteiger partial charge in [0.25, 0.3) is 15.9 Å². The molecule has 0 aromatic heterocycles. The number of nitrogens with one attached hydrogen (secondary N) is 2. The highest BCUT2D eigenvalue weighted by molar-refractivity contribution is 7.92. The number of para-hydroxylation sites is 1. The average Bonchev–Trinajstić information content (AvgIpc) is 3.38. The Hall–Kier alpha value is -2.34. The van der Waals surface area contributed by atoms with E-state index in [-0.39, 0.29) is 41.8 Å². The Morgan fingerprint density at radius 1 is 0.806 bits per heavy atom. The summed E-state index contributed by atoms with van der Waals surface area (Å²) in [5.41, 5.74) is 0.0172. The van der Waals surface area contributed by atoms with E-state index in [2.05, 4.69) is 10.0 Å². The third-order valence-corrected chi connectivity index (χ3v) is 9.79. The summed E-state index contributed by atoms with van der Waals surface area (Å²) in [6, 6.07) is 14.0. The number of halogens is 3. The number of sulfonamides is 2. The van der Waals surface area contributed by atoms with Crippen molar-refractivity contribution in [3.05, 3.63) is 81.3 Å². The third kappa shape index (κ3) is 5.64. The van der Waals surface area contributed by atoms with Gasteiger partial charge in [0.1, 0.15) is 4.90 Å². The summed E-state index contributed by atoms with van der Waals surface area (Å²) in [5.74, 6) is -0.705. The second kappa shape index (κ2) is 10.6. The normalized spacial score (nSPS) is 14.5. The average molecular weight is 589 g/mol. The van der Waals surface area contributed by atoms with Crippen molar-refractivity contribution in [3.63, 3.8) is 0 Å². The molecule has 1 fully saturated rings. The van der Waals surface area contributed by atoms with Crippen molar-refractivity contribution < 1.29 is 21.6 Å². The Kier molecular flexibility index (Phi) is 7.84. The van der Waals surface area contributed by atoms with Crippen molar-refractivity contribution in [2.75, 3.05) is 23.1 Å². The molecule has 0 aliphatic carbocycles. The van der Waals surface area contributed by atoms with Crippen LogP contribution in [-0.2, 0) is 20.0 Å². The zero-order valence-corrected chi connectivity index (χ0v) is 22.4. The Balaban J connectivity index is 1.62. The molecule has 1 aliphatic heterocycles. The predicted octanol–water partition coefficient (Wildman–Crippen LogP) is 5.48. The van der Waals surface area contributed by atoms with E-state index in [0.717, 1.165) is 12.8 Å². The SMILES string of the molecule is O=C(Nc1cc(S(=O)(=O)N2CCCC2)ccc1Cl)c1ccccc1NS(=O)(=O)c1cc(Cl)ccc1Cl. The Morgan fingerprint density at radius 2 is 1.47 bits per heavy atom. The van der Waals surface area contributed by atoms with Crippen LogP contribution in [0.25, 0.3) is 0 Å². The van der Waals surface area contributed by atoms with E-state index in [1.807, 2.05) is 0 Å². The van der Waals surface area contributed by atoms with Crippen molar-refractivity contribution in [1.82, 2.24) is 4.31 Å². The third-order valence-electron chi connectivity index (χ3n) is 5.49. The number of carbonyl (C=O) groups is 1. The van der Waals surface area contributed by atoms with Crippen LogP contribution in [0.15, 0.2) is 70.5 Å². The molecule has 0 saturated carbocycles. The van der Waals surface area contributed by atoms with Crippen LogP contribution < -0.4 is 10.0 Å². The number of benzene rings is 3. The molecule has 0 radical (unpaired) electrons. The fourth-order valence-corrected chi connectivity index (χ4v) is 7.23. The van der Waals surface area contributed by atoms with Gasteiger partial charge in [-0.15, -0.1) is 0 Å². The number of hydrogen-bond acceptors (Lipinski definition) is 5. The zero-order chi connectivity index (χ0) is 26.1. The predicted molar refractivity (Wildman–Crippen MR) is 141 cm³/mol. The first-order valence-electron chi connectivity index (χ1n) is 10.7. The minimum Gasteiger partial charge on any atom is -0.321 e. The van der Waals surface area contributed by atoms with Crippen LogP contribution in [0.3, 0.4) is 0 Å². The molecule has 4 rings (SSSR count). The largest absolute Gasteiger partial charge is 0.321 e. The van der Waals surface area contributed by atoms with Crippen molar-refractivity contribution >= 4 is 72.1 Å². The molecule has 1 amide bonds. The number of anilines is 2. The molecule has 13 heteroatoms. The van der Waals surface area contributed by atoms with E-state index in [9.17, 15) is 21.6 Å². The van der Waals surface area contributed by atoms with Crippen LogP contribution >= 0.6 is 34.8 Å². The van der Waals surface area contributed by atoms with Gasteiger partial charge >= 0.3 is 0 Å². The summed E-state index contributed by atoms with van der Waals surface area (Å²) in [7, 11) is -7.94. The monoisotopic (exact) mass is 587 g/mol. The topological polar surface area (TPSA) is 113 Å². The molecule has 8 nitrogen and oxygen atoms in total. The molecular weight excluding hydrogens is 569 g/mol. The molecule has 3 aromatic carbocycles. The van der Waals surface area contributed by atoms with E-state index in [0.29, 0.717) is 13.1 Å². The molecule has 1 saturated heterocycles. The van der Waals surface area contributed by atoms with Crippen LogP contribution in [0.2, 0.25) is 15.1 Å². The molecule has 0 bridgehead atoms. The Bertz CT molecular complexity index is 1540. The standard InChI is InChI=1S/C23H20Cl3N3O5S2/c24-15-7-9-19(26)22(13-15)35(31,32)28-20-6-2-1-5-17(20)23(30)27-21-14-16(8-10-18(21)25)36(33,34)29-11-3-4-12-29/h1-2,5-10,13-14,28H,3-4,11-12H2,(H,27,30). The minimum absolute atomic E-state index is 0.00585. The lowest BCUT2D eigenvalue weighted by molar-refractivity contribution is 0.102. The van der Waals surface area contributed by atoms with Gasteiger partial charge in [0.2, 0.25) is 10.0 Å². The molecule has 0 spiro atoms. The van der Waals surface area contributed by atoms with Gasteiger partial charge < -0.3 is 5.32 Å². The molecule has 1 heterocycles. The van der Waals surface area contributed by atoms with Gasteiger partial charge in [0.15, 0.2) is 0 Å². The molecular formula is C23H20Cl3N3O5S2. The smallest absolute Gasteiger partial charge is 0.263 e. The van der Waals surface area contributed by atoms with Crippen molar-refractivity contribution in [2.24, 2.45) is 0 Å². The van der Waals surface area contributed by atoms with Crippen LogP contribution in [0.4, 0.5) is 11.4 Å². The summed E-state index contributed by atoms with van der Waals surface area (Å²) in [4.78, 5) is 12.9. The summed E-state index contributed by atoms with van der Waals surface area (Å²) in [6.07, 6.45) is 1.56. The first-order valence-corrected chi connectivity index (χ1v) is 14.7. The van der Waals surface area contributed by atoms with Crippen molar-refractivity contribution in [2.45, 2.75) is 22.6 Å². The molecule has 0 unspecified atom stereocenters. The zero-order valence-electron chi connectivity index (χ0n) is 18.5. The van der Waals surface area contributed by atoms with Gasteiger partial charge in [-0.25, -0.2) is 16.8 Å². The Morgan fingerprint density at radius 3 is 2.19 bits per heavy atom. The lowest BCUT2D eigenvalue weighted by atomic mass is 10.1. The Labute approximate surface area is 224 Å². The maximum atomic E-state index is 13.1. The first-order chi connectivity index (χ1) is 17.0. The van der Waals surface area contributed by atoms with Crippen molar-refractivity contribution in [3.8, 4) is 0 Å². The van der Waals surface area contributed by atoms with Gasteiger partial charge in [0, 0.05) is 18.1 Å². The second-order valence-electron chi connectivity index (χ2n) is 7.93. The number of carbonyl (C=O) groups excluding carboxylic acids is 1. The van der Waals surface area contributed by atoms with Gasteiger partial charge in [-0.05, 0) is 61.4 Å². The minimum atomic E-state index is -4.20. The van der Waals surface area contributed by atoms with Crippen LogP contribution in [0.5, 0.6) is 0 Å². The van der Waals surface area contributed by atoms with E-state index in [4.69, 9.17) is 34.8 Å². The molecule has 2 N–H and O–H groups in total. The number of nitrogens with zero attached hydrogens (tertiary/aromatic N) is 1. The lowest BCUT2D eigenvalue weighted by Gasteiger charge is -2.17. The summed E-state index contributed by atoms with van der Waals surface area (Å²) in [5, 5.41) is 2.82. The maximum absolute atomic E-state index is 13.1. The molecule has 36 heavy (non-hydrogen) atoms. The summed E-state index contributed by atoms with van der Waals surface area (Å²) >= 11 is 18.2. The van der Waals surface area contributed by atoms with E-state index >= 15 is 0 Å². The lowest BCUT2D eigenvalue weighted by Crippen LogP contribution is -2.28. The quantitative estimate of drug-likeness (QED) is 0.379. The van der Waals surface area contributed by atoms with E-state index in [1.54, 1.807) is 12.1 Å². The van der Waals surface area contributed by atoms with Crippen LogP contribution in [0, 0.1) is 0 Å². The number of rotatable bonds is 7. The number of amides is 1. The fourth-order valence-electron chi connectivity index (χ4n) is 3.68. The van der Waals surface area contributed by atoms with Gasteiger partial charge in [-0.1, -0.05) is 46.9 Å². The fraction of sp³-hybridized carbons (Fsp3) is 0.174. The highest BCUT2D eigenvalue weighted by Crippen LogP contribution is 2.31. The molecule has 1 aliphatic rings. The van der Waals surface area contributed by atoms with Crippen LogP contribution in [0.1, 0.15) is 23.2 Å². The van der Waals surface area contributed by atoms with Crippen LogP contribution in [-0.4, -0.2) is 40.1 Å². The molecule has 3 aromatic rings. The van der Waals surface area contributed by atoms with E-state index < -0.39 is 26.0 Å². The highest BCUT2D eigenvalue weighted by atomic mass is 35.5. The molecule has 190 valence electrons. The highest BCUT2D eigenvalue weighted by Gasteiger charge is 2.28. The summed E-state index contributed by atoms with van der Waals surface area (Å²) < 4.78 is 55.5. The maximum Gasteiger partial charge on any atom is 0.263 e. The second-order valence-corrected chi connectivity index (χ2v) is 12.8. The van der Waals surface area contributed by atoms with E-state index in [1.165, 1.54) is 52.8 Å². The van der Waals surface area contributed by atoms with Gasteiger partial charge in [-0.3, -0.25) is 9.52 Å². The number of hydrogen-bond donors (Lipinski definition) is 2. The first kappa shape index (κ1) is 26.7. The van der Waals surface area contributed by atoms with Crippen molar-refractivity contribution in [1.29, 1.82) is 0 Å². The van der Waals surface area contributed by atoms with Gasteiger partial charge in [-0.2, -0.15) is 4.31 Å². The summed E-state index contributed by atoms with van der Waals surface area (Å²) in [6.45, 7) is 0.855. The molecule has 0 atom stereocenters.